The summed E-state index contributed by atoms with van der Waals surface area (Å²) in [7, 11) is 0. The molecule has 2 heterocycles. The summed E-state index contributed by atoms with van der Waals surface area (Å²) in [5.74, 6) is 1.01. The molecule has 0 saturated carbocycles. The molecule has 0 unspecified atom stereocenters. The highest BCUT2D eigenvalue weighted by Gasteiger charge is 2.25. The number of carbonyl (C=O) groups is 1. The van der Waals surface area contributed by atoms with Crippen LogP contribution in [0.25, 0.3) is 0 Å². The van der Waals surface area contributed by atoms with E-state index in [9.17, 15) is 4.79 Å². The lowest BCUT2D eigenvalue weighted by Crippen LogP contribution is -2.39. The maximum Gasteiger partial charge on any atom is 0.270 e. The number of aromatic nitrogens is 1. The zero-order valence-corrected chi connectivity index (χ0v) is 14.2. The Morgan fingerprint density at radius 2 is 2.00 bits per heavy atom. The average Bonchev–Trinajstić information content (AvgIpc) is 2.81. The predicted octanol–water partition coefficient (Wildman–Crippen LogP) is 4.31. The third-order valence-corrected chi connectivity index (χ3v) is 4.58. The van der Waals surface area contributed by atoms with Crippen molar-refractivity contribution in [1.82, 2.24) is 9.47 Å². The molecule has 1 fully saturated rings. The molecule has 3 nitrogen and oxygen atoms in total. The van der Waals surface area contributed by atoms with E-state index in [-0.39, 0.29) is 5.91 Å². The normalized spacial score (nSPS) is 16.6. The molecule has 1 aromatic heterocycles. The van der Waals surface area contributed by atoms with Gasteiger partial charge in [-0.05, 0) is 47.2 Å². The summed E-state index contributed by atoms with van der Waals surface area (Å²) in [5.41, 5.74) is 0.827. The van der Waals surface area contributed by atoms with Gasteiger partial charge in [0.1, 0.15) is 5.69 Å². The number of likely N-dealkylation sites (tertiary alicyclic amines) is 1. The van der Waals surface area contributed by atoms with Gasteiger partial charge in [0.2, 0.25) is 0 Å². The number of hydrogen-bond donors (Lipinski definition) is 0. The number of piperidine rings is 1. The van der Waals surface area contributed by atoms with Crippen LogP contribution in [0, 0.1) is 5.92 Å². The Kier molecular flexibility index (Phi) is 5.70. The molecule has 0 N–H and O–H groups in total. The Morgan fingerprint density at radius 1 is 1.30 bits per heavy atom. The van der Waals surface area contributed by atoms with Crippen LogP contribution in [0.5, 0.6) is 0 Å². The Labute approximate surface area is 130 Å². The van der Waals surface area contributed by atoms with Crippen molar-refractivity contribution in [3.63, 3.8) is 0 Å². The van der Waals surface area contributed by atoms with Gasteiger partial charge in [0.05, 0.1) is 0 Å². The number of nitrogens with zero attached hydrogens (tertiary/aromatic N) is 2. The highest BCUT2D eigenvalue weighted by atomic mass is 79.9. The zero-order chi connectivity index (χ0) is 14.5. The first-order valence-electron chi connectivity index (χ1n) is 7.80. The number of aryl methyl sites for hydroxylation is 1. The van der Waals surface area contributed by atoms with Gasteiger partial charge in [0.15, 0.2) is 0 Å². The Hall–Kier alpha value is -0.770. The van der Waals surface area contributed by atoms with E-state index >= 15 is 0 Å². The van der Waals surface area contributed by atoms with Crippen LogP contribution in [0.3, 0.4) is 0 Å². The fourth-order valence-corrected chi connectivity index (χ4v) is 3.54. The largest absolute Gasteiger partial charge is 0.342 e. The fourth-order valence-electron chi connectivity index (χ4n) is 3.07. The Balaban J connectivity index is 2.01. The first-order chi connectivity index (χ1) is 9.65. The first-order valence-corrected chi connectivity index (χ1v) is 8.60. The van der Waals surface area contributed by atoms with Crippen LogP contribution < -0.4 is 0 Å². The molecule has 4 heteroatoms. The lowest BCUT2D eigenvalue weighted by atomic mass is 9.92. The van der Waals surface area contributed by atoms with Crippen LogP contribution in [0.4, 0.5) is 0 Å². The van der Waals surface area contributed by atoms with Crippen LogP contribution in [0.2, 0.25) is 0 Å². The summed E-state index contributed by atoms with van der Waals surface area (Å²) >= 11 is 3.48. The van der Waals surface area contributed by atoms with Crippen molar-refractivity contribution in [2.75, 3.05) is 13.1 Å². The molecule has 20 heavy (non-hydrogen) atoms. The number of amides is 1. The van der Waals surface area contributed by atoms with Crippen molar-refractivity contribution in [3.05, 3.63) is 22.4 Å². The van der Waals surface area contributed by atoms with Crippen molar-refractivity contribution < 1.29 is 4.79 Å². The van der Waals surface area contributed by atoms with Crippen LogP contribution in [0.15, 0.2) is 16.7 Å². The van der Waals surface area contributed by atoms with Crippen molar-refractivity contribution in [2.45, 2.75) is 52.5 Å². The van der Waals surface area contributed by atoms with Crippen LogP contribution in [0.1, 0.15) is 56.4 Å². The topological polar surface area (TPSA) is 25.2 Å². The molecule has 0 aliphatic carbocycles. The second-order valence-electron chi connectivity index (χ2n) is 5.76. The molecule has 0 spiro atoms. The molecule has 0 radical (unpaired) electrons. The van der Waals surface area contributed by atoms with Gasteiger partial charge < -0.3 is 9.47 Å². The van der Waals surface area contributed by atoms with Gasteiger partial charge >= 0.3 is 0 Å². The maximum absolute atomic E-state index is 12.7. The van der Waals surface area contributed by atoms with Gasteiger partial charge in [0.25, 0.3) is 5.91 Å². The van der Waals surface area contributed by atoms with E-state index in [1.165, 1.54) is 12.8 Å². The number of hydrogen-bond acceptors (Lipinski definition) is 1. The third kappa shape index (κ3) is 3.66. The van der Waals surface area contributed by atoms with Gasteiger partial charge in [-0.3, -0.25) is 4.79 Å². The van der Waals surface area contributed by atoms with E-state index in [4.69, 9.17) is 0 Å². The number of halogens is 1. The smallest absolute Gasteiger partial charge is 0.270 e. The van der Waals surface area contributed by atoms with E-state index < -0.39 is 0 Å². The minimum absolute atomic E-state index is 0.194. The molecule has 1 aliphatic rings. The molecule has 1 aromatic rings. The van der Waals surface area contributed by atoms with Crippen molar-refractivity contribution in [2.24, 2.45) is 5.92 Å². The third-order valence-electron chi connectivity index (χ3n) is 4.15. The Morgan fingerprint density at radius 3 is 2.60 bits per heavy atom. The summed E-state index contributed by atoms with van der Waals surface area (Å²) < 4.78 is 3.07. The van der Waals surface area contributed by atoms with Gasteiger partial charge in [-0.25, -0.2) is 0 Å². The monoisotopic (exact) mass is 340 g/mol. The first kappa shape index (κ1) is 15.6. The maximum atomic E-state index is 12.7. The van der Waals surface area contributed by atoms with Gasteiger partial charge in [0, 0.05) is 30.3 Å². The van der Waals surface area contributed by atoms with Crippen LogP contribution >= 0.6 is 15.9 Å². The standard InChI is InChI=1S/C16H25BrN2O/c1-3-5-13-6-9-18(10-7-13)16(20)15-11-14(17)12-19(15)8-4-2/h11-13H,3-10H2,1-2H3. The lowest BCUT2D eigenvalue weighted by molar-refractivity contribution is 0.0675. The molecule has 0 atom stereocenters. The van der Waals surface area contributed by atoms with Gasteiger partial charge in [-0.1, -0.05) is 26.7 Å². The van der Waals surface area contributed by atoms with E-state index in [2.05, 4.69) is 34.3 Å². The highest BCUT2D eigenvalue weighted by Crippen LogP contribution is 2.24. The van der Waals surface area contributed by atoms with Gasteiger partial charge in [-0.15, -0.1) is 0 Å². The summed E-state index contributed by atoms with van der Waals surface area (Å²) in [4.78, 5) is 14.7. The molecule has 0 bridgehead atoms. The minimum atomic E-state index is 0.194. The molecule has 112 valence electrons. The van der Waals surface area contributed by atoms with E-state index in [1.807, 2.05) is 17.2 Å². The molecule has 1 aliphatic heterocycles. The zero-order valence-electron chi connectivity index (χ0n) is 12.6. The van der Waals surface area contributed by atoms with E-state index in [1.54, 1.807) is 0 Å². The highest BCUT2D eigenvalue weighted by molar-refractivity contribution is 9.10. The van der Waals surface area contributed by atoms with E-state index in [0.29, 0.717) is 0 Å². The number of rotatable bonds is 5. The fraction of sp³-hybridized carbons (Fsp3) is 0.688. The summed E-state index contributed by atoms with van der Waals surface area (Å²) in [6.07, 6.45) is 7.94. The van der Waals surface area contributed by atoms with E-state index in [0.717, 1.165) is 55.0 Å². The summed E-state index contributed by atoms with van der Waals surface area (Å²) in [5, 5.41) is 0. The summed E-state index contributed by atoms with van der Waals surface area (Å²) in [6, 6.07) is 1.95. The van der Waals surface area contributed by atoms with Crippen molar-refractivity contribution in [1.29, 1.82) is 0 Å². The molecule has 1 amide bonds. The second-order valence-corrected chi connectivity index (χ2v) is 6.68. The van der Waals surface area contributed by atoms with Gasteiger partial charge in [-0.2, -0.15) is 0 Å². The molecular weight excluding hydrogens is 316 g/mol. The quantitative estimate of drug-likeness (QED) is 0.783. The molecule has 0 aromatic carbocycles. The average molecular weight is 341 g/mol. The molecular formula is C16H25BrN2O. The van der Waals surface area contributed by atoms with Crippen molar-refractivity contribution in [3.8, 4) is 0 Å². The Bertz CT molecular complexity index is 447. The summed E-state index contributed by atoms with van der Waals surface area (Å²) in [6.45, 7) is 7.11. The SMILES string of the molecule is CCCC1CCN(C(=O)c2cc(Br)cn2CCC)CC1. The second kappa shape index (κ2) is 7.30. The van der Waals surface area contributed by atoms with Crippen molar-refractivity contribution >= 4 is 21.8 Å². The molecule has 2 rings (SSSR count). The van der Waals surface area contributed by atoms with Crippen LogP contribution in [-0.4, -0.2) is 28.5 Å². The predicted molar refractivity (Wildman–Crippen MR) is 86.0 cm³/mol. The number of carbonyl (C=O) groups excluding carboxylic acids is 1. The minimum Gasteiger partial charge on any atom is -0.342 e. The lowest BCUT2D eigenvalue weighted by Gasteiger charge is -2.32. The van der Waals surface area contributed by atoms with Crippen LogP contribution in [-0.2, 0) is 6.54 Å². The molecule has 1 saturated heterocycles.